The number of halogens is 3. The van der Waals surface area contributed by atoms with E-state index in [-0.39, 0.29) is 5.38 Å². The zero-order valence-corrected chi connectivity index (χ0v) is 12.0. The maximum atomic E-state index is 6.11. The Kier molecular flexibility index (Phi) is 15.4. The van der Waals surface area contributed by atoms with Crippen LogP contribution in [0.1, 0.15) is 44.9 Å². The monoisotopic (exact) mass is 308 g/mol. The van der Waals surface area contributed by atoms with Gasteiger partial charge in [-0.05, 0) is 35.8 Å². The minimum absolute atomic E-state index is 0.252. The number of hydrogen-bond acceptors (Lipinski definition) is 4. The molecule has 0 aromatic heterocycles. The third kappa shape index (κ3) is 14.7. The van der Waals surface area contributed by atoms with Crippen molar-refractivity contribution in [1.29, 1.82) is 0 Å². The summed E-state index contributed by atoms with van der Waals surface area (Å²) < 4.78 is 3.65. The molecule has 0 bridgehead atoms. The predicted octanol–water partition coefficient (Wildman–Crippen LogP) is 4.53. The van der Waals surface area contributed by atoms with Crippen molar-refractivity contribution in [3.05, 3.63) is 0 Å². The van der Waals surface area contributed by atoms with Crippen molar-refractivity contribution >= 4 is 35.1 Å². The molecule has 4 nitrogen and oxygen atoms in total. The summed E-state index contributed by atoms with van der Waals surface area (Å²) in [6.45, 7) is 0.441. The highest BCUT2D eigenvalue weighted by Crippen LogP contribution is 2.15. The van der Waals surface area contributed by atoms with Gasteiger partial charge in [-0.1, -0.05) is 23.7 Å². The van der Waals surface area contributed by atoms with Gasteiger partial charge in [0.1, 0.15) is 11.9 Å². The first-order chi connectivity index (χ1) is 8.31. The van der Waals surface area contributed by atoms with Crippen LogP contribution in [0.2, 0.25) is 0 Å². The smallest absolute Gasteiger partial charge is 0.103 e. The molecule has 1 atom stereocenters. The van der Waals surface area contributed by atoms with E-state index in [1.165, 1.54) is 0 Å². The standard InChI is InChI=1S/C10H19Cl3O4/c11-8-5-7-10(12)6-3-1-2-4-9-14-16-17-15-13/h10H,1-9H2. The first kappa shape index (κ1) is 17.7. The largest absolute Gasteiger partial charge is 0.204 e. The first-order valence-corrected chi connectivity index (χ1v) is 7.02. The van der Waals surface area contributed by atoms with Gasteiger partial charge < -0.3 is 0 Å². The van der Waals surface area contributed by atoms with Gasteiger partial charge in [-0.15, -0.1) is 23.2 Å². The summed E-state index contributed by atoms with van der Waals surface area (Å²) in [5, 5.41) is 8.18. The fourth-order valence-corrected chi connectivity index (χ4v) is 1.87. The van der Waals surface area contributed by atoms with E-state index in [1.54, 1.807) is 0 Å². The van der Waals surface area contributed by atoms with E-state index >= 15 is 0 Å². The molecule has 0 rings (SSSR count). The molecule has 1 unspecified atom stereocenters. The van der Waals surface area contributed by atoms with E-state index in [2.05, 4.69) is 19.4 Å². The molecule has 0 aromatic carbocycles. The molecule has 104 valence electrons. The highest BCUT2D eigenvalue weighted by molar-refractivity contribution is 6.20. The van der Waals surface area contributed by atoms with Gasteiger partial charge in [0.2, 0.25) is 0 Å². The molecule has 17 heavy (non-hydrogen) atoms. The molecule has 7 heteroatoms. The minimum atomic E-state index is 0.252. The summed E-state index contributed by atoms with van der Waals surface area (Å²) >= 11 is 16.4. The van der Waals surface area contributed by atoms with Crippen molar-refractivity contribution in [3.8, 4) is 0 Å². The van der Waals surface area contributed by atoms with Crippen LogP contribution in [0.4, 0.5) is 0 Å². The van der Waals surface area contributed by atoms with E-state index in [1.807, 2.05) is 0 Å². The van der Waals surface area contributed by atoms with Crippen LogP contribution in [0.3, 0.4) is 0 Å². The van der Waals surface area contributed by atoms with Crippen LogP contribution in [0.25, 0.3) is 0 Å². The summed E-state index contributed by atoms with van der Waals surface area (Å²) in [7, 11) is 0. The van der Waals surface area contributed by atoms with Crippen molar-refractivity contribution in [2.45, 2.75) is 50.3 Å². The van der Waals surface area contributed by atoms with E-state index in [0.717, 1.165) is 44.9 Å². The predicted molar refractivity (Wildman–Crippen MR) is 67.7 cm³/mol. The quantitative estimate of drug-likeness (QED) is 0.217. The van der Waals surface area contributed by atoms with Gasteiger partial charge in [0, 0.05) is 11.3 Å². The maximum absolute atomic E-state index is 6.11. The van der Waals surface area contributed by atoms with E-state index in [9.17, 15) is 0 Å². The molecule has 0 N–H and O–H groups in total. The van der Waals surface area contributed by atoms with Gasteiger partial charge in [0.25, 0.3) is 0 Å². The van der Waals surface area contributed by atoms with E-state index < -0.39 is 0 Å². The molecule has 0 spiro atoms. The van der Waals surface area contributed by atoms with Gasteiger partial charge in [0.05, 0.1) is 6.61 Å². The van der Waals surface area contributed by atoms with E-state index in [0.29, 0.717) is 12.5 Å². The normalized spacial score (nSPS) is 12.9. The van der Waals surface area contributed by atoms with Crippen LogP contribution >= 0.6 is 35.1 Å². The molecule has 0 aromatic rings. The lowest BCUT2D eigenvalue weighted by Crippen LogP contribution is -1.99. The van der Waals surface area contributed by atoms with Crippen molar-refractivity contribution in [2.24, 2.45) is 0 Å². The molecular weight excluding hydrogens is 290 g/mol. The second-order valence-electron chi connectivity index (χ2n) is 3.65. The summed E-state index contributed by atoms with van der Waals surface area (Å²) in [5.74, 6) is 0.689. The van der Waals surface area contributed by atoms with Crippen molar-refractivity contribution in [3.63, 3.8) is 0 Å². The fourth-order valence-electron chi connectivity index (χ4n) is 1.39. The van der Waals surface area contributed by atoms with Gasteiger partial charge in [-0.2, -0.15) is 0 Å². The second-order valence-corrected chi connectivity index (χ2v) is 4.77. The molecule has 0 radical (unpaired) electrons. The topological polar surface area (TPSA) is 36.9 Å². The number of alkyl halides is 2. The van der Waals surface area contributed by atoms with Crippen LogP contribution < -0.4 is 0 Å². The van der Waals surface area contributed by atoms with Gasteiger partial charge >= 0.3 is 0 Å². The SMILES string of the molecule is ClCCCC(Cl)CCCCCCOOOOCl. The van der Waals surface area contributed by atoms with Crippen LogP contribution in [0, 0.1) is 0 Å². The van der Waals surface area contributed by atoms with Gasteiger partial charge in [-0.3, -0.25) is 0 Å². The Morgan fingerprint density at radius 2 is 1.59 bits per heavy atom. The summed E-state index contributed by atoms with van der Waals surface area (Å²) in [6, 6.07) is 0. The Bertz CT molecular complexity index is 152. The Morgan fingerprint density at radius 1 is 0.882 bits per heavy atom. The van der Waals surface area contributed by atoms with Crippen LogP contribution in [0.15, 0.2) is 0 Å². The zero-order chi connectivity index (χ0) is 12.8. The average molecular weight is 310 g/mol. The molecule has 0 aliphatic heterocycles. The van der Waals surface area contributed by atoms with Crippen molar-refractivity contribution in [1.82, 2.24) is 0 Å². The Morgan fingerprint density at radius 3 is 2.29 bits per heavy atom. The Hall–Kier alpha value is 0.710. The lowest BCUT2D eigenvalue weighted by molar-refractivity contribution is -0.608. The Balaban J connectivity index is 3.02. The van der Waals surface area contributed by atoms with Crippen molar-refractivity contribution < 1.29 is 19.4 Å². The van der Waals surface area contributed by atoms with Gasteiger partial charge in [-0.25, -0.2) is 4.89 Å². The molecule has 0 heterocycles. The number of unbranched alkanes of at least 4 members (excludes halogenated alkanes) is 3. The number of hydrogen-bond donors (Lipinski definition) is 0. The summed E-state index contributed by atoms with van der Waals surface area (Å²) in [6.07, 6.45) is 7.23. The van der Waals surface area contributed by atoms with Crippen LogP contribution in [-0.4, -0.2) is 17.9 Å². The van der Waals surface area contributed by atoms with E-state index in [4.69, 9.17) is 35.1 Å². The highest BCUT2D eigenvalue weighted by Gasteiger charge is 2.03. The summed E-state index contributed by atoms with van der Waals surface area (Å²) in [4.78, 5) is 4.58. The zero-order valence-electron chi connectivity index (χ0n) is 9.71. The molecule has 0 fully saturated rings. The first-order valence-electron chi connectivity index (χ1n) is 5.74. The molecule has 0 aliphatic carbocycles. The molecule has 0 saturated carbocycles. The number of rotatable bonds is 13. The molecule has 0 aliphatic rings. The minimum Gasteiger partial charge on any atom is -0.204 e. The molecular formula is C10H19Cl3O4. The Labute approximate surface area is 117 Å². The lowest BCUT2D eigenvalue weighted by atomic mass is 10.1. The lowest BCUT2D eigenvalue weighted by Gasteiger charge is -2.07. The van der Waals surface area contributed by atoms with Gasteiger partial charge in [0.15, 0.2) is 0 Å². The van der Waals surface area contributed by atoms with Crippen LogP contribution in [0.5, 0.6) is 0 Å². The third-order valence-electron chi connectivity index (χ3n) is 2.25. The highest BCUT2D eigenvalue weighted by atomic mass is 35.5. The second kappa shape index (κ2) is 14.8. The maximum Gasteiger partial charge on any atom is 0.103 e. The fraction of sp³-hybridized carbons (Fsp3) is 1.00. The third-order valence-corrected chi connectivity index (χ3v) is 3.00. The summed E-state index contributed by atoms with van der Waals surface area (Å²) in [5.41, 5.74) is 0. The van der Waals surface area contributed by atoms with Crippen LogP contribution in [-0.2, 0) is 19.4 Å². The van der Waals surface area contributed by atoms with Crippen molar-refractivity contribution in [2.75, 3.05) is 12.5 Å². The average Bonchev–Trinajstić information content (AvgIpc) is 2.34. The molecule has 0 saturated heterocycles. The molecule has 0 amide bonds.